The lowest BCUT2D eigenvalue weighted by Crippen LogP contribution is -2.13. The Morgan fingerprint density at radius 1 is 1.11 bits per heavy atom. The molecule has 0 aromatic carbocycles. The molecule has 2 aromatic heterocycles. The smallest absolute Gasteiger partial charge is 0.191 e. The number of aromatic nitrogens is 3. The highest BCUT2D eigenvalue weighted by Crippen LogP contribution is 2.18. The predicted octanol–water partition coefficient (Wildman–Crippen LogP) is 1.82. The lowest BCUT2D eigenvalue weighted by Gasteiger charge is -2.09. The van der Waals surface area contributed by atoms with Crippen molar-refractivity contribution in [2.24, 2.45) is 0 Å². The Morgan fingerprint density at radius 2 is 1.78 bits per heavy atom. The minimum absolute atomic E-state index is 0.628. The second-order valence-corrected chi connectivity index (χ2v) is 4.30. The van der Waals surface area contributed by atoms with Gasteiger partial charge in [-0.2, -0.15) is 0 Å². The third kappa shape index (κ3) is 2.56. The van der Waals surface area contributed by atoms with E-state index in [1.165, 1.54) is 5.56 Å². The van der Waals surface area contributed by atoms with Gasteiger partial charge in [-0.05, 0) is 39.4 Å². The van der Waals surface area contributed by atoms with E-state index in [0.717, 1.165) is 24.4 Å². The average molecular weight is 246 g/mol. The van der Waals surface area contributed by atoms with Crippen LogP contribution >= 0.6 is 0 Å². The van der Waals surface area contributed by atoms with Crippen LogP contribution in [0.3, 0.4) is 0 Å². The first-order chi connectivity index (χ1) is 8.61. The van der Waals surface area contributed by atoms with E-state index in [9.17, 15) is 0 Å². The second kappa shape index (κ2) is 5.27. The maximum Gasteiger partial charge on any atom is 0.191 e. The van der Waals surface area contributed by atoms with Gasteiger partial charge in [-0.15, -0.1) is 0 Å². The summed E-state index contributed by atoms with van der Waals surface area (Å²) in [7, 11) is 1.94. The summed E-state index contributed by atoms with van der Waals surface area (Å²) >= 11 is 0. The monoisotopic (exact) mass is 246 g/mol. The van der Waals surface area contributed by atoms with Crippen LogP contribution in [0.4, 0.5) is 0 Å². The van der Waals surface area contributed by atoms with Crippen molar-refractivity contribution in [3.63, 3.8) is 0 Å². The molecular formula is C13H18N4O. The molecule has 0 radical (unpaired) electrons. The van der Waals surface area contributed by atoms with E-state index in [2.05, 4.69) is 20.3 Å². The van der Waals surface area contributed by atoms with Gasteiger partial charge in [0.2, 0.25) is 0 Å². The SMILES string of the molecule is CNCCc1c(C)nc(-c2coc(C)n2)nc1C. The minimum atomic E-state index is 0.628. The van der Waals surface area contributed by atoms with Crippen molar-refractivity contribution in [3.8, 4) is 11.5 Å². The molecule has 0 amide bonds. The van der Waals surface area contributed by atoms with Crippen molar-refractivity contribution in [2.45, 2.75) is 27.2 Å². The minimum Gasteiger partial charge on any atom is -0.449 e. The standard InChI is InChI=1S/C13H18N4O/c1-8-11(5-6-14-4)9(2)16-13(15-8)12-7-18-10(3)17-12/h7,14H,5-6H2,1-4H3. The molecule has 0 unspecified atom stereocenters. The number of likely N-dealkylation sites (N-methyl/N-ethyl adjacent to an activating group) is 1. The van der Waals surface area contributed by atoms with E-state index >= 15 is 0 Å². The fourth-order valence-corrected chi connectivity index (χ4v) is 1.93. The molecule has 0 aliphatic carbocycles. The molecule has 2 aromatic rings. The molecule has 0 bridgehead atoms. The molecule has 2 rings (SSSR count). The predicted molar refractivity (Wildman–Crippen MR) is 69.4 cm³/mol. The zero-order valence-electron chi connectivity index (χ0n) is 11.2. The van der Waals surface area contributed by atoms with Crippen LogP contribution in [0.15, 0.2) is 10.7 Å². The van der Waals surface area contributed by atoms with E-state index < -0.39 is 0 Å². The summed E-state index contributed by atoms with van der Waals surface area (Å²) in [5, 5.41) is 3.14. The highest BCUT2D eigenvalue weighted by atomic mass is 16.3. The van der Waals surface area contributed by atoms with Gasteiger partial charge >= 0.3 is 0 Å². The Labute approximate surface area is 107 Å². The highest BCUT2D eigenvalue weighted by Gasteiger charge is 2.12. The molecule has 5 nitrogen and oxygen atoms in total. The van der Waals surface area contributed by atoms with Crippen LogP contribution in [0.5, 0.6) is 0 Å². The fraction of sp³-hybridized carbons (Fsp3) is 0.462. The van der Waals surface area contributed by atoms with Gasteiger partial charge in [-0.25, -0.2) is 15.0 Å². The van der Waals surface area contributed by atoms with E-state index in [4.69, 9.17) is 4.42 Å². The summed E-state index contributed by atoms with van der Waals surface area (Å²) in [5.74, 6) is 1.26. The molecule has 0 saturated heterocycles. The van der Waals surface area contributed by atoms with Gasteiger partial charge in [0.05, 0.1) is 0 Å². The molecule has 0 aliphatic heterocycles. The molecule has 96 valence electrons. The number of hydrogen-bond acceptors (Lipinski definition) is 5. The molecule has 5 heteroatoms. The van der Waals surface area contributed by atoms with Gasteiger partial charge in [0, 0.05) is 18.3 Å². The first-order valence-electron chi connectivity index (χ1n) is 6.03. The topological polar surface area (TPSA) is 63.8 Å². The quantitative estimate of drug-likeness (QED) is 0.891. The van der Waals surface area contributed by atoms with Gasteiger partial charge in [0.1, 0.15) is 12.0 Å². The van der Waals surface area contributed by atoms with Gasteiger partial charge < -0.3 is 9.73 Å². The van der Waals surface area contributed by atoms with Crippen molar-refractivity contribution in [2.75, 3.05) is 13.6 Å². The van der Waals surface area contributed by atoms with Gasteiger partial charge in [-0.1, -0.05) is 0 Å². The second-order valence-electron chi connectivity index (χ2n) is 4.30. The molecule has 0 saturated carbocycles. The first kappa shape index (κ1) is 12.7. The van der Waals surface area contributed by atoms with E-state index in [0.29, 0.717) is 17.4 Å². The third-order valence-electron chi connectivity index (χ3n) is 2.89. The van der Waals surface area contributed by atoms with E-state index in [1.807, 2.05) is 27.8 Å². The molecule has 0 fully saturated rings. The third-order valence-corrected chi connectivity index (χ3v) is 2.89. The van der Waals surface area contributed by atoms with Crippen LogP contribution in [0.2, 0.25) is 0 Å². The normalized spacial score (nSPS) is 10.9. The van der Waals surface area contributed by atoms with Crippen molar-refractivity contribution < 1.29 is 4.42 Å². The Hall–Kier alpha value is -1.75. The Bertz CT molecular complexity index is 525. The highest BCUT2D eigenvalue weighted by molar-refractivity contribution is 5.48. The zero-order valence-corrected chi connectivity index (χ0v) is 11.2. The van der Waals surface area contributed by atoms with Crippen LogP contribution in [0, 0.1) is 20.8 Å². The van der Waals surface area contributed by atoms with Crippen molar-refractivity contribution in [1.29, 1.82) is 0 Å². The summed E-state index contributed by atoms with van der Waals surface area (Å²) < 4.78 is 5.19. The van der Waals surface area contributed by atoms with Gasteiger partial charge in [0.15, 0.2) is 11.7 Å². The summed E-state index contributed by atoms with van der Waals surface area (Å²) in [6.07, 6.45) is 2.53. The number of nitrogens with zero attached hydrogens (tertiary/aromatic N) is 3. The van der Waals surface area contributed by atoms with Gasteiger partial charge in [-0.3, -0.25) is 0 Å². The maximum absolute atomic E-state index is 5.19. The van der Waals surface area contributed by atoms with Crippen molar-refractivity contribution in [3.05, 3.63) is 29.1 Å². The van der Waals surface area contributed by atoms with Crippen molar-refractivity contribution >= 4 is 0 Å². The number of oxazole rings is 1. The summed E-state index contributed by atoms with van der Waals surface area (Å²) in [5.41, 5.74) is 3.91. The summed E-state index contributed by atoms with van der Waals surface area (Å²) in [6.45, 7) is 6.75. The summed E-state index contributed by atoms with van der Waals surface area (Å²) in [4.78, 5) is 13.3. The Balaban J connectivity index is 2.36. The molecule has 2 heterocycles. The molecular weight excluding hydrogens is 228 g/mol. The molecule has 0 atom stereocenters. The summed E-state index contributed by atoms with van der Waals surface area (Å²) in [6, 6.07) is 0. The van der Waals surface area contributed by atoms with Gasteiger partial charge in [0.25, 0.3) is 0 Å². The lowest BCUT2D eigenvalue weighted by atomic mass is 10.1. The molecule has 0 spiro atoms. The Morgan fingerprint density at radius 3 is 2.28 bits per heavy atom. The largest absolute Gasteiger partial charge is 0.449 e. The number of nitrogens with one attached hydrogen (secondary N) is 1. The molecule has 1 N–H and O–H groups in total. The Kier molecular flexibility index (Phi) is 3.72. The molecule has 18 heavy (non-hydrogen) atoms. The fourth-order valence-electron chi connectivity index (χ4n) is 1.93. The van der Waals surface area contributed by atoms with E-state index in [1.54, 1.807) is 6.26 Å². The van der Waals surface area contributed by atoms with Crippen LogP contribution in [-0.2, 0) is 6.42 Å². The molecule has 0 aliphatic rings. The average Bonchev–Trinajstić information content (AvgIpc) is 2.75. The van der Waals surface area contributed by atoms with Crippen LogP contribution in [0.1, 0.15) is 22.8 Å². The number of hydrogen-bond donors (Lipinski definition) is 1. The van der Waals surface area contributed by atoms with E-state index in [-0.39, 0.29) is 0 Å². The number of rotatable bonds is 4. The van der Waals surface area contributed by atoms with Crippen LogP contribution < -0.4 is 5.32 Å². The maximum atomic E-state index is 5.19. The number of aryl methyl sites for hydroxylation is 3. The van der Waals surface area contributed by atoms with Crippen molar-refractivity contribution in [1.82, 2.24) is 20.3 Å². The zero-order chi connectivity index (χ0) is 13.1. The first-order valence-corrected chi connectivity index (χ1v) is 6.03. The van der Waals surface area contributed by atoms with Crippen LogP contribution in [0.25, 0.3) is 11.5 Å². The van der Waals surface area contributed by atoms with Crippen LogP contribution in [-0.4, -0.2) is 28.5 Å². The lowest BCUT2D eigenvalue weighted by molar-refractivity contribution is 0.521.